The molecule has 2 heterocycles. The van der Waals surface area contributed by atoms with Gasteiger partial charge in [-0.05, 0) is 70.4 Å². The maximum Gasteiger partial charge on any atom is 0.415 e. The molecule has 10 nitrogen and oxygen atoms in total. The largest absolute Gasteiger partial charge is 0.489 e. The Morgan fingerprint density at radius 2 is 1.62 bits per heavy atom. The van der Waals surface area contributed by atoms with Crippen LogP contribution in [0.2, 0.25) is 0 Å². The Balaban J connectivity index is 0.000000785. The summed E-state index contributed by atoms with van der Waals surface area (Å²) in [6.07, 6.45) is 2.77. The summed E-state index contributed by atoms with van der Waals surface area (Å²) in [5.41, 5.74) is 2.94. The Bertz CT molecular complexity index is 1580. The van der Waals surface area contributed by atoms with Crippen LogP contribution in [-0.4, -0.2) is 66.9 Å². The average molecular weight is 717 g/mol. The molecule has 0 radical (unpaired) electrons. The molecule has 2 aliphatic rings. The van der Waals surface area contributed by atoms with Gasteiger partial charge in [0, 0.05) is 35.8 Å². The summed E-state index contributed by atoms with van der Waals surface area (Å²) in [6.45, 7) is 19.3. The molecular formula is C42H60N4O6. The number of rotatable bonds is 17. The number of hydrogen-bond donors (Lipinski definition) is 3. The fourth-order valence-electron chi connectivity index (χ4n) is 6.89. The number of anilines is 2. The highest BCUT2D eigenvalue weighted by Crippen LogP contribution is 2.45. The molecule has 0 fully saturated rings. The molecule has 10 heteroatoms. The van der Waals surface area contributed by atoms with Gasteiger partial charge in [-0.25, -0.2) is 4.79 Å². The quantitative estimate of drug-likeness (QED) is 0.128. The van der Waals surface area contributed by atoms with E-state index in [0.717, 1.165) is 42.5 Å². The van der Waals surface area contributed by atoms with Crippen LogP contribution in [-0.2, 0) is 21.7 Å². The molecule has 0 saturated carbocycles. The van der Waals surface area contributed by atoms with Gasteiger partial charge in [0.2, 0.25) is 0 Å². The van der Waals surface area contributed by atoms with Crippen molar-refractivity contribution in [2.24, 2.45) is 0 Å². The number of cyclic esters (lactones) is 1. The van der Waals surface area contributed by atoms with Crippen LogP contribution in [0.3, 0.4) is 0 Å². The lowest BCUT2D eigenvalue weighted by molar-refractivity contribution is -0.118. The predicted octanol–water partition coefficient (Wildman–Crippen LogP) is 8.19. The predicted molar refractivity (Wildman–Crippen MR) is 208 cm³/mol. The van der Waals surface area contributed by atoms with Crippen molar-refractivity contribution in [2.75, 3.05) is 49.5 Å². The normalized spacial score (nSPS) is 15.4. The summed E-state index contributed by atoms with van der Waals surface area (Å²) < 4.78 is 18.0. The Kier molecular flexibility index (Phi) is 14.9. The molecule has 0 spiro atoms. The number of carbonyl (C=O) groups is 2. The van der Waals surface area contributed by atoms with E-state index < -0.39 is 17.2 Å². The number of fused-ring (bicyclic) bond motifs is 2. The van der Waals surface area contributed by atoms with E-state index in [-0.39, 0.29) is 25.2 Å². The third-order valence-corrected chi connectivity index (χ3v) is 9.89. The maximum atomic E-state index is 13.4. The summed E-state index contributed by atoms with van der Waals surface area (Å²) >= 11 is 0. The van der Waals surface area contributed by atoms with Gasteiger partial charge in [0.1, 0.15) is 23.7 Å². The smallest absolute Gasteiger partial charge is 0.415 e. The molecular weight excluding hydrogens is 656 g/mol. The van der Waals surface area contributed by atoms with Gasteiger partial charge < -0.3 is 34.9 Å². The zero-order valence-corrected chi connectivity index (χ0v) is 32.3. The third kappa shape index (κ3) is 10.5. The molecule has 2 amide bonds. The highest BCUT2D eigenvalue weighted by Gasteiger charge is 2.44. The van der Waals surface area contributed by atoms with Crippen molar-refractivity contribution < 1.29 is 28.9 Å². The number of hydrogen-bond acceptors (Lipinski definition) is 8. The SMILES string of the molecule is CCCC1(CCC)OC(=O)N(CCC(C)(C)NCC(O)c2cc(OCc3ccccc3)cc3c2OCC(=O)N3)c2ccccc21.CCN(CC)CC. The van der Waals surface area contributed by atoms with Gasteiger partial charge >= 0.3 is 6.09 Å². The molecule has 0 aliphatic carbocycles. The first-order valence-corrected chi connectivity index (χ1v) is 19.0. The van der Waals surface area contributed by atoms with E-state index in [2.05, 4.69) is 56.2 Å². The third-order valence-electron chi connectivity index (χ3n) is 9.89. The lowest BCUT2D eigenvalue weighted by Gasteiger charge is -2.43. The van der Waals surface area contributed by atoms with Gasteiger partial charge in [0.15, 0.2) is 6.61 Å². The molecule has 3 aromatic rings. The standard InChI is InChI=1S/C36H45N3O6.C6H15N/c1-5-16-36(17-6-2)28-14-10-11-15-30(28)39(34(42)45-36)19-18-35(3,4)37-22-31(40)27-20-26(43-23-25-12-8-7-9-13-25)21-29-33(27)44-24-32(41)38-29;1-4-7(5-2)6-3/h7-15,20-21,31,37,40H,5-6,16-19,22-24H2,1-4H3,(H,38,41);4-6H2,1-3H3. The van der Waals surface area contributed by atoms with Crippen molar-refractivity contribution >= 4 is 23.4 Å². The van der Waals surface area contributed by atoms with Crippen LogP contribution < -0.4 is 25.0 Å². The summed E-state index contributed by atoms with van der Waals surface area (Å²) in [6, 6.07) is 21.3. The lowest BCUT2D eigenvalue weighted by Crippen LogP contribution is -2.49. The first-order chi connectivity index (χ1) is 25.0. The average Bonchev–Trinajstić information content (AvgIpc) is 3.14. The molecule has 2 aliphatic heterocycles. The van der Waals surface area contributed by atoms with Crippen molar-refractivity contribution in [3.8, 4) is 11.5 Å². The number of aliphatic hydroxyl groups is 1. The number of amides is 2. The highest BCUT2D eigenvalue weighted by molar-refractivity contribution is 5.96. The minimum Gasteiger partial charge on any atom is -0.489 e. The molecule has 0 saturated heterocycles. The Morgan fingerprint density at radius 1 is 0.962 bits per heavy atom. The van der Waals surface area contributed by atoms with Crippen LogP contribution >= 0.6 is 0 Å². The van der Waals surface area contributed by atoms with E-state index in [1.165, 1.54) is 19.6 Å². The molecule has 5 rings (SSSR count). The minimum absolute atomic E-state index is 0.124. The maximum absolute atomic E-state index is 13.4. The van der Waals surface area contributed by atoms with Crippen LogP contribution in [0.5, 0.6) is 11.5 Å². The summed E-state index contributed by atoms with van der Waals surface area (Å²) in [5.74, 6) is 0.687. The number of ether oxygens (including phenoxy) is 3. The van der Waals surface area contributed by atoms with Gasteiger partial charge in [-0.3, -0.25) is 9.69 Å². The van der Waals surface area contributed by atoms with Crippen LogP contribution in [0.15, 0.2) is 66.7 Å². The van der Waals surface area contributed by atoms with Crippen LogP contribution in [0, 0.1) is 0 Å². The van der Waals surface area contributed by atoms with E-state index in [1.807, 2.05) is 62.4 Å². The van der Waals surface area contributed by atoms with E-state index in [0.29, 0.717) is 42.3 Å². The Hall–Kier alpha value is -4.12. The Morgan fingerprint density at radius 3 is 2.25 bits per heavy atom. The number of benzene rings is 3. The zero-order chi connectivity index (χ0) is 37.7. The number of aliphatic hydroxyl groups excluding tert-OH is 1. The lowest BCUT2D eigenvalue weighted by atomic mass is 9.82. The van der Waals surface area contributed by atoms with Gasteiger partial charge in [-0.2, -0.15) is 0 Å². The number of carbonyl (C=O) groups excluding carboxylic acids is 2. The number of para-hydroxylation sites is 1. The zero-order valence-electron chi connectivity index (χ0n) is 32.3. The number of nitrogens with one attached hydrogen (secondary N) is 2. The Labute approximate surface area is 310 Å². The van der Waals surface area contributed by atoms with Crippen LogP contribution in [0.4, 0.5) is 16.2 Å². The van der Waals surface area contributed by atoms with E-state index in [4.69, 9.17) is 14.2 Å². The minimum atomic E-state index is -0.947. The summed E-state index contributed by atoms with van der Waals surface area (Å²) in [5, 5.41) is 17.7. The van der Waals surface area contributed by atoms with Gasteiger partial charge in [-0.1, -0.05) is 96.0 Å². The first-order valence-electron chi connectivity index (χ1n) is 19.0. The fraction of sp³-hybridized carbons (Fsp3) is 0.524. The van der Waals surface area contributed by atoms with E-state index in [1.54, 1.807) is 17.0 Å². The van der Waals surface area contributed by atoms with Gasteiger partial charge in [0.05, 0.1) is 17.5 Å². The van der Waals surface area contributed by atoms with Crippen molar-refractivity contribution in [1.82, 2.24) is 10.2 Å². The van der Waals surface area contributed by atoms with Crippen molar-refractivity contribution in [2.45, 2.75) is 104 Å². The number of β-amino-alcohol motifs (C(OH)–C–C–N with tert-alkyl or cyclic N) is 1. The van der Waals surface area contributed by atoms with Gasteiger partial charge in [0.25, 0.3) is 5.91 Å². The van der Waals surface area contributed by atoms with Crippen molar-refractivity contribution in [3.63, 3.8) is 0 Å². The summed E-state index contributed by atoms with van der Waals surface area (Å²) in [7, 11) is 0. The molecule has 52 heavy (non-hydrogen) atoms. The monoisotopic (exact) mass is 716 g/mol. The second-order valence-electron chi connectivity index (χ2n) is 14.2. The second-order valence-corrected chi connectivity index (χ2v) is 14.2. The van der Waals surface area contributed by atoms with Crippen LogP contribution in [0.1, 0.15) is 103 Å². The van der Waals surface area contributed by atoms with Crippen molar-refractivity contribution in [3.05, 3.63) is 83.4 Å². The van der Waals surface area contributed by atoms with E-state index in [9.17, 15) is 14.7 Å². The molecule has 3 N–H and O–H groups in total. The topological polar surface area (TPSA) is 113 Å². The highest BCUT2D eigenvalue weighted by atomic mass is 16.6. The number of nitrogens with zero attached hydrogens (tertiary/aromatic N) is 2. The van der Waals surface area contributed by atoms with Gasteiger partial charge in [-0.15, -0.1) is 0 Å². The van der Waals surface area contributed by atoms with E-state index >= 15 is 0 Å². The van der Waals surface area contributed by atoms with Crippen molar-refractivity contribution in [1.29, 1.82) is 0 Å². The van der Waals surface area contributed by atoms with Crippen LogP contribution in [0.25, 0.3) is 0 Å². The first kappa shape index (κ1) is 40.6. The molecule has 284 valence electrons. The molecule has 1 atom stereocenters. The fourth-order valence-corrected chi connectivity index (χ4v) is 6.89. The molecule has 0 aromatic heterocycles. The molecule has 0 bridgehead atoms. The molecule has 1 unspecified atom stereocenters. The molecule has 3 aromatic carbocycles. The second kappa shape index (κ2) is 19.1. The summed E-state index contributed by atoms with van der Waals surface area (Å²) in [4.78, 5) is 29.6.